The lowest BCUT2D eigenvalue weighted by Gasteiger charge is -2.29. The molecule has 6 nitrogen and oxygen atoms in total. The second kappa shape index (κ2) is 4.34. The number of hydrogen-bond donors (Lipinski definition) is 1. The van der Waals surface area contributed by atoms with Gasteiger partial charge in [0.05, 0.1) is 13.6 Å². The number of nitrogens with two attached hydrogens (primary N) is 1. The summed E-state index contributed by atoms with van der Waals surface area (Å²) < 4.78 is 0. The molecule has 1 aromatic rings. The van der Waals surface area contributed by atoms with Gasteiger partial charge < -0.3 is 5.73 Å². The van der Waals surface area contributed by atoms with Crippen LogP contribution in [0, 0.1) is 11.8 Å². The highest BCUT2D eigenvalue weighted by atomic mass is 15.6. The molecular formula is C11H20N6. The first-order valence-electron chi connectivity index (χ1n) is 6.43. The Kier molecular flexibility index (Phi) is 2.84. The second-order valence-corrected chi connectivity index (χ2v) is 5.41. The summed E-state index contributed by atoms with van der Waals surface area (Å²) in [5, 5.41) is 12.1. The standard InChI is InChI=1S/C11H20N6/c1-16-14-11(13-15-16)7-17-5-8-3-2-4-10(12)9(8)6-17/h8-10H,2-7,12H2,1H3. The van der Waals surface area contributed by atoms with E-state index in [2.05, 4.69) is 20.3 Å². The number of fused-ring (bicyclic) bond motifs is 1. The van der Waals surface area contributed by atoms with Crippen LogP contribution in [0.5, 0.6) is 0 Å². The summed E-state index contributed by atoms with van der Waals surface area (Å²) >= 11 is 0. The van der Waals surface area contributed by atoms with Crippen molar-refractivity contribution in [1.82, 2.24) is 25.1 Å². The van der Waals surface area contributed by atoms with Crippen LogP contribution in [0.1, 0.15) is 25.1 Å². The first-order chi connectivity index (χ1) is 8.22. The molecule has 0 spiro atoms. The zero-order valence-electron chi connectivity index (χ0n) is 10.3. The minimum Gasteiger partial charge on any atom is -0.327 e. The first-order valence-corrected chi connectivity index (χ1v) is 6.43. The van der Waals surface area contributed by atoms with Crippen molar-refractivity contribution in [3.8, 4) is 0 Å². The quantitative estimate of drug-likeness (QED) is 0.768. The predicted octanol–water partition coefficient (Wildman–Crippen LogP) is -0.231. The highest BCUT2D eigenvalue weighted by Gasteiger charge is 2.38. The van der Waals surface area contributed by atoms with Gasteiger partial charge in [-0.15, -0.1) is 10.2 Å². The van der Waals surface area contributed by atoms with Crippen molar-refractivity contribution in [1.29, 1.82) is 0 Å². The number of rotatable bonds is 2. The van der Waals surface area contributed by atoms with Gasteiger partial charge in [0.2, 0.25) is 0 Å². The van der Waals surface area contributed by atoms with E-state index >= 15 is 0 Å². The number of aryl methyl sites for hydroxylation is 1. The van der Waals surface area contributed by atoms with Crippen LogP contribution in [-0.2, 0) is 13.6 Å². The smallest absolute Gasteiger partial charge is 0.188 e. The topological polar surface area (TPSA) is 72.9 Å². The summed E-state index contributed by atoms with van der Waals surface area (Å²) in [5.74, 6) is 2.29. The molecule has 2 N–H and O–H groups in total. The van der Waals surface area contributed by atoms with Gasteiger partial charge in [-0.3, -0.25) is 4.90 Å². The maximum atomic E-state index is 6.21. The summed E-state index contributed by atoms with van der Waals surface area (Å²) in [7, 11) is 1.80. The maximum Gasteiger partial charge on any atom is 0.188 e. The highest BCUT2D eigenvalue weighted by Crippen LogP contribution is 2.35. The first kappa shape index (κ1) is 11.1. The number of tetrazole rings is 1. The number of likely N-dealkylation sites (tertiary alicyclic amines) is 1. The van der Waals surface area contributed by atoms with E-state index in [-0.39, 0.29) is 0 Å². The summed E-state index contributed by atoms with van der Waals surface area (Å²) in [4.78, 5) is 3.95. The molecule has 0 bridgehead atoms. The Hall–Kier alpha value is -1.01. The Morgan fingerprint density at radius 1 is 1.35 bits per heavy atom. The summed E-state index contributed by atoms with van der Waals surface area (Å²) in [6, 6.07) is 0.397. The Labute approximate surface area is 101 Å². The van der Waals surface area contributed by atoms with E-state index in [9.17, 15) is 0 Å². The molecule has 0 amide bonds. The van der Waals surface area contributed by atoms with Gasteiger partial charge in [-0.05, 0) is 29.9 Å². The van der Waals surface area contributed by atoms with Crippen LogP contribution < -0.4 is 5.73 Å². The third-order valence-corrected chi connectivity index (χ3v) is 4.14. The van der Waals surface area contributed by atoms with Crippen molar-refractivity contribution in [2.24, 2.45) is 24.6 Å². The van der Waals surface area contributed by atoms with E-state index < -0.39 is 0 Å². The minimum absolute atomic E-state index is 0.397. The summed E-state index contributed by atoms with van der Waals surface area (Å²) in [6.45, 7) is 3.06. The van der Waals surface area contributed by atoms with Gasteiger partial charge >= 0.3 is 0 Å². The van der Waals surface area contributed by atoms with Gasteiger partial charge in [0, 0.05) is 19.1 Å². The van der Waals surface area contributed by atoms with Gasteiger partial charge in [0.25, 0.3) is 0 Å². The average molecular weight is 236 g/mol. The molecule has 2 aliphatic rings. The molecule has 17 heavy (non-hydrogen) atoms. The molecule has 0 aromatic carbocycles. The minimum atomic E-state index is 0.397. The molecule has 2 fully saturated rings. The SMILES string of the molecule is Cn1nnc(CN2CC3CCCC(N)C3C2)n1. The molecule has 3 unspecified atom stereocenters. The van der Waals surface area contributed by atoms with Gasteiger partial charge in [-0.2, -0.15) is 4.80 Å². The van der Waals surface area contributed by atoms with Crippen LogP contribution in [0.2, 0.25) is 0 Å². The maximum absolute atomic E-state index is 6.21. The molecule has 6 heteroatoms. The molecule has 1 aromatic heterocycles. The molecule has 0 radical (unpaired) electrons. The molecule has 94 valence electrons. The second-order valence-electron chi connectivity index (χ2n) is 5.41. The fraction of sp³-hybridized carbons (Fsp3) is 0.909. The lowest BCUT2D eigenvalue weighted by molar-refractivity contribution is 0.259. The number of aromatic nitrogens is 4. The van der Waals surface area contributed by atoms with Crippen molar-refractivity contribution < 1.29 is 0 Å². The Morgan fingerprint density at radius 3 is 2.94 bits per heavy atom. The van der Waals surface area contributed by atoms with Gasteiger partial charge in [0.1, 0.15) is 0 Å². The van der Waals surface area contributed by atoms with Crippen LogP contribution in [-0.4, -0.2) is 44.2 Å². The van der Waals surface area contributed by atoms with Crippen molar-refractivity contribution in [3.05, 3.63) is 5.82 Å². The van der Waals surface area contributed by atoms with Crippen LogP contribution in [0.3, 0.4) is 0 Å². The summed E-state index contributed by atoms with van der Waals surface area (Å²) in [5.41, 5.74) is 6.21. The zero-order chi connectivity index (χ0) is 11.8. The lowest BCUT2D eigenvalue weighted by Crippen LogP contribution is -2.38. The highest BCUT2D eigenvalue weighted by molar-refractivity contribution is 4.94. The number of nitrogens with zero attached hydrogens (tertiary/aromatic N) is 5. The third kappa shape index (κ3) is 2.19. The third-order valence-electron chi connectivity index (χ3n) is 4.14. The van der Waals surface area contributed by atoms with Crippen molar-refractivity contribution in [2.45, 2.75) is 31.8 Å². The Bertz CT molecular complexity index is 389. The number of hydrogen-bond acceptors (Lipinski definition) is 5. The van der Waals surface area contributed by atoms with Gasteiger partial charge in [0.15, 0.2) is 5.82 Å². The van der Waals surface area contributed by atoms with Crippen LogP contribution in [0.25, 0.3) is 0 Å². The largest absolute Gasteiger partial charge is 0.327 e. The molecule has 3 atom stereocenters. The normalized spacial score (nSPS) is 33.9. The Balaban J connectivity index is 1.63. The molecule has 1 saturated carbocycles. The lowest BCUT2D eigenvalue weighted by atomic mass is 9.78. The monoisotopic (exact) mass is 236 g/mol. The van der Waals surface area contributed by atoms with Crippen molar-refractivity contribution >= 4 is 0 Å². The molecule has 1 aliphatic heterocycles. The van der Waals surface area contributed by atoms with Crippen molar-refractivity contribution in [3.63, 3.8) is 0 Å². The fourth-order valence-corrected chi connectivity index (χ4v) is 3.32. The van der Waals surface area contributed by atoms with Crippen LogP contribution >= 0.6 is 0 Å². The Morgan fingerprint density at radius 2 is 2.24 bits per heavy atom. The fourth-order valence-electron chi connectivity index (χ4n) is 3.32. The van der Waals surface area contributed by atoms with E-state index in [0.29, 0.717) is 12.0 Å². The van der Waals surface area contributed by atoms with E-state index in [1.807, 2.05) is 0 Å². The molecule has 3 rings (SSSR count). The van der Waals surface area contributed by atoms with Gasteiger partial charge in [-0.25, -0.2) is 0 Å². The molecule has 1 saturated heterocycles. The van der Waals surface area contributed by atoms with Crippen molar-refractivity contribution in [2.75, 3.05) is 13.1 Å². The summed E-state index contributed by atoms with van der Waals surface area (Å²) in [6.07, 6.45) is 3.82. The average Bonchev–Trinajstić information content (AvgIpc) is 2.86. The molecular weight excluding hydrogens is 216 g/mol. The van der Waals surface area contributed by atoms with Crippen LogP contribution in [0.15, 0.2) is 0 Å². The zero-order valence-corrected chi connectivity index (χ0v) is 10.3. The molecule has 1 aliphatic carbocycles. The predicted molar refractivity (Wildman–Crippen MR) is 62.9 cm³/mol. The van der Waals surface area contributed by atoms with E-state index in [0.717, 1.165) is 31.4 Å². The van der Waals surface area contributed by atoms with E-state index in [4.69, 9.17) is 5.73 Å². The molecule has 2 heterocycles. The van der Waals surface area contributed by atoms with Gasteiger partial charge in [-0.1, -0.05) is 6.42 Å². The van der Waals surface area contributed by atoms with E-state index in [1.165, 1.54) is 24.1 Å². The van der Waals surface area contributed by atoms with E-state index in [1.54, 1.807) is 7.05 Å². The van der Waals surface area contributed by atoms with Crippen LogP contribution in [0.4, 0.5) is 0 Å².